The lowest BCUT2D eigenvalue weighted by Crippen LogP contribution is -1.98. The third-order valence-electron chi connectivity index (χ3n) is 3.03. The number of hydrogen-bond donors (Lipinski definition) is 0. The van der Waals surface area contributed by atoms with E-state index in [4.69, 9.17) is 23.2 Å². The Hall–Kier alpha value is -2.48. The molecule has 3 rings (SSSR count). The van der Waals surface area contributed by atoms with E-state index in [-0.39, 0.29) is 10.7 Å². The van der Waals surface area contributed by atoms with E-state index in [0.29, 0.717) is 16.5 Å². The van der Waals surface area contributed by atoms with Crippen molar-refractivity contribution in [3.63, 3.8) is 0 Å². The lowest BCUT2D eigenvalue weighted by molar-refractivity contribution is 1.16. The Balaban J connectivity index is 2.22. The summed E-state index contributed by atoms with van der Waals surface area (Å²) < 4.78 is 0. The van der Waals surface area contributed by atoms with Crippen molar-refractivity contribution in [1.82, 2.24) is 15.0 Å². The van der Waals surface area contributed by atoms with Crippen LogP contribution in [0.25, 0.3) is 22.6 Å². The summed E-state index contributed by atoms with van der Waals surface area (Å²) in [6.45, 7) is 0. The molecule has 0 aliphatic carbocycles. The molecule has 0 saturated heterocycles. The maximum absolute atomic E-state index is 9.33. The van der Waals surface area contributed by atoms with Crippen LogP contribution in [0.3, 0.4) is 0 Å². The molecule has 0 radical (unpaired) electrons. The van der Waals surface area contributed by atoms with Crippen LogP contribution < -0.4 is 0 Å². The topological polar surface area (TPSA) is 62.5 Å². The van der Waals surface area contributed by atoms with E-state index >= 15 is 0 Å². The number of hydrogen-bond acceptors (Lipinski definition) is 4. The van der Waals surface area contributed by atoms with E-state index in [1.54, 1.807) is 48.8 Å². The van der Waals surface area contributed by atoms with Gasteiger partial charge in [0.1, 0.15) is 11.6 Å². The van der Waals surface area contributed by atoms with Crippen LogP contribution in [0.4, 0.5) is 0 Å². The molecular formula is C16H8Cl2N4. The molecule has 0 amide bonds. The van der Waals surface area contributed by atoms with Crippen LogP contribution in [0.1, 0.15) is 5.56 Å². The molecule has 106 valence electrons. The van der Waals surface area contributed by atoms with Crippen LogP contribution in [0.2, 0.25) is 10.2 Å². The third kappa shape index (κ3) is 2.77. The molecule has 4 nitrogen and oxygen atoms in total. The average Bonchev–Trinajstić information content (AvgIpc) is 2.55. The summed E-state index contributed by atoms with van der Waals surface area (Å²) in [7, 11) is 0. The Bertz CT molecular complexity index is 856. The Morgan fingerprint density at radius 1 is 0.864 bits per heavy atom. The summed E-state index contributed by atoms with van der Waals surface area (Å²) in [6.07, 6.45) is 3.29. The Labute approximate surface area is 137 Å². The fraction of sp³-hybridized carbons (Fsp3) is 0. The first-order valence-corrected chi connectivity index (χ1v) is 7.08. The van der Waals surface area contributed by atoms with Gasteiger partial charge in [0.25, 0.3) is 0 Å². The van der Waals surface area contributed by atoms with Crippen LogP contribution in [-0.2, 0) is 0 Å². The van der Waals surface area contributed by atoms with E-state index in [2.05, 4.69) is 21.0 Å². The van der Waals surface area contributed by atoms with Crippen LogP contribution in [0.5, 0.6) is 0 Å². The second-order valence-corrected chi connectivity index (χ2v) is 5.21. The highest BCUT2D eigenvalue weighted by molar-refractivity contribution is 6.31. The molecule has 2 heterocycles. The van der Waals surface area contributed by atoms with Gasteiger partial charge >= 0.3 is 0 Å². The minimum absolute atomic E-state index is 0.120. The normalized spacial score (nSPS) is 10.2. The number of halogens is 2. The molecule has 1 aromatic carbocycles. The van der Waals surface area contributed by atoms with Crippen LogP contribution in [0.15, 0.2) is 48.8 Å². The van der Waals surface area contributed by atoms with Crippen molar-refractivity contribution < 1.29 is 0 Å². The Morgan fingerprint density at radius 2 is 1.55 bits per heavy atom. The molecule has 0 spiro atoms. The van der Waals surface area contributed by atoms with Gasteiger partial charge in [0, 0.05) is 28.5 Å². The van der Waals surface area contributed by atoms with E-state index < -0.39 is 0 Å². The smallest absolute Gasteiger partial charge is 0.161 e. The first kappa shape index (κ1) is 14.5. The second-order valence-electron chi connectivity index (χ2n) is 4.42. The van der Waals surface area contributed by atoms with Gasteiger partial charge in [-0.1, -0.05) is 35.3 Å². The minimum Gasteiger partial charge on any atom is -0.265 e. The number of benzene rings is 1. The molecule has 0 atom stereocenters. The van der Waals surface area contributed by atoms with Crippen LogP contribution in [0, 0.1) is 11.3 Å². The SMILES string of the molecule is N#Cc1c(Cl)nc(-c2ccncc2)nc1-c1ccc(Cl)cc1. The van der Waals surface area contributed by atoms with Gasteiger partial charge in [-0.15, -0.1) is 0 Å². The van der Waals surface area contributed by atoms with Crippen molar-refractivity contribution in [2.45, 2.75) is 0 Å². The highest BCUT2D eigenvalue weighted by Gasteiger charge is 2.15. The van der Waals surface area contributed by atoms with Crippen molar-refractivity contribution in [3.8, 4) is 28.7 Å². The van der Waals surface area contributed by atoms with E-state index in [1.807, 2.05) is 0 Å². The van der Waals surface area contributed by atoms with Gasteiger partial charge < -0.3 is 0 Å². The predicted molar refractivity (Wildman–Crippen MR) is 85.4 cm³/mol. The number of pyridine rings is 1. The summed E-state index contributed by atoms with van der Waals surface area (Å²) in [6, 6.07) is 12.7. The number of nitriles is 1. The van der Waals surface area contributed by atoms with Crippen molar-refractivity contribution >= 4 is 23.2 Å². The van der Waals surface area contributed by atoms with Crippen LogP contribution in [-0.4, -0.2) is 15.0 Å². The highest BCUT2D eigenvalue weighted by Crippen LogP contribution is 2.29. The molecule has 0 saturated carbocycles. The largest absolute Gasteiger partial charge is 0.265 e. The van der Waals surface area contributed by atoms with Gasteiger partial charge in [0.15, 0.2) is 11.0 Å². The molecule has 0 bridgehead atoms. The standard InChI is InChI=1S/C16H8Cl2N4/c17-12-3-1-10(2-4-12)14-13(9-19)15(18)22-16(21-14)11-5-7-20-8-6-11/h1-8H. The first-order chi connectivity index (χ1) is 10.7. The molecule has 3 aromatic rings. The van der Waals surface area contributed by atoms with Gasteiger partial charge in [-0.25, -0.2) is 9.97 Å². The van der Waals surface area contributed by atoms with Crippen LogP contribution >= 0.6 is 23.2 Å². The third-order valence-corrected chi connectivity index (χ3v) is 3.56. The molecule has 0 aliphatic rings. The summed E-state index contributed by atoms with van der Waals surface area (Å²) in [5, 5.41) is 10.1. The second kappa shape index (κ2) is 6.10. The first-order valence-electron chi connectivity index (χ1n) is 6.33. The van der Waals surface area contributed by atoms with Crippen molar-refractivity contribution in [3.05, 3.63) is 64.5 Å². The lowest BCUT2D eigenvalue weighted by Gasteiger charge is -2.08. The molecule has 0 aliphatic heterocycles. The zero-order valence-corrected chi connectivity index (χ0v) is 12.7. The number of nitrogens with zero attached hydrogens (tertiary/aromatic N) is 4. The van der Waals surface area contributed by atoms with Crippen molar-refractivity contribution in [2.24, 2.45) is 0 Å². The minimum atomic E-state index is 0.120. The van der Waals surface area contributed by atoms with Gasteiger partial charge in [0.2, 0.25) is 0 Å². The van der Waals surface area contributed by atoms with Gasteiger partial charge in [-0.05, 0) is 24.3 Å². The Kier molecular flexibility index (Phi) is 4.01. The van der Waals surface area contributed by atoms with Crippen molar-refractivity contribution in [1.29, 1.82) is 5.26 Å². The van der Waals surface area contributed by atoms with Gasteiger partial charge in [-0.3, -0.25) is 4.98 Å². The summed E-state index contributed by atoms with van der Waals surface area (Å²) in [5.41, 5.74) is 2.24. The maximum Gasteiger partial charge on any atom is 0.161 e. The molecule has 0 N–H and O–H groups in total. The molecule has 0 fully saturated rings. The summed E-state index contributed by atoms with van der Waals surface area (Å²) in [5.74, 6) is 0.441. The predicted octanol–water partition coefficient (Wildman–Crippen LogP) is 4.38. The fourth-order valence-corrected chi connectivity index (χ4v) is 2.32. The summed E-state index contributed by atoms with van der Waals surface area (Å²) in [4.78, 5) is 12.6. The van der Waals surface area contributed by atoms with E-state index in [1.165, 1.54) is 0 Å². The highest BCUT2D eigenvalue weighted by atomic mass is 35.5. The molecule has 2 aromatic heterocycles. The lowest BCUT2D eigenvalue weighted by atomic mass is 10.1. The fourth-order valence-electron chi connectivity index (χ4n) is 1.98. The van der Waals surface area contributed by atoms with E-state index in [9.17, 15) is 5.26 Å². The molecular weight excluding hydrogens is 319 g/mol. The molecule has 0 unspecified atom stereocenters. The molecule has 6 heteroatoms. The summed E-state index contributed by atoms with van der Waals surface area (Å²) >= 11 is 12.1. The maximum atomic E-state index is 9.33. The zero-order valence-electron chi connectivity index (χ0n) is 11.2. The quantitative estimate of drug-likeness (QED) is 0.655. The van der Waals surface area contributed by atoms with Crippen molar-refractivity contribution in [2.75, 3.05) is 0 Å². The van der Waals surface area contributed by atoms with Gasteiger partial charge in [-0.2, -0.15) is 5.26 Å². The Morgan fingerprint density at radius 3 is 2.18 bits per heavy atom. The molecule has 22 heavy (non-hydrogen) atoms. The van der Waals surface area contributed by atoms with E-state index in [0.717, 1.165) is 11.1 Å². The monoisotopic (exact) mass is 326 g/mol. The number of rotatable bonds is 2. The number of aromatic nitrogens is 3. The van der Waals surface area contributed by atoms with Gasteiger partial charge in [0.05, 0.1) is 5.69 Å². The average molecular weight is 327 g/mol. The zero-order chi connectivity index (χ0) is 15.5.